The molecule has 3 aromatic rings. The minimum Gasteiger partial charge on any atom is -0.383 e. The van der Waals surface area contributed by atoms with Gasteiger partial charge in [0, 0.05) is 15.4 Å². The highest BCUT2D eigenvalue weighted by atomic mass is 127. The number of nitrogens with zero attached hydrogens (tertiary/aromatic N) is 2. The SMILES string of the molecule is CCS(=O)(=O)Nc1ccc(F)c(NC(=O)c2cccc3c(N)ncnc23)c1CI. The molecule has 29 heavy (non-hydrogen) atoms. The Bertz CT molecular complexity index is 1200. The molecule has 0 radical (unpaired) electrons. The average molecular weight is 529 g/mol. The van der Waals surface area contributed by atoms with Gasteiger partial charge in [-0.25, -0.2) is 22.8 Å². The molecule has 0 fully saturated rings. The molecule has 1 heterocycles. The highest BCUT2D eigenvalue weighted by molar-refractivity contribution is 14.1. The van der Waals surface area contributed by atoms with E-state index in [-0.39, 0.29) is 32.9 Å². The maximum absolute atomic E-state index is 14.5. The molecule has 3 rings (SSSR count). The van der Waals surface area contributed by atoms with Gasteiger partial charge in [0.25, 0.3) is 5.91 Å². The Kier molecular flexibility index (Phi) is 6.17. The molecule has 0 atom stereocenters. The average Bonchev–Trinajstić information content (AvgIpc) is 2.70. The van der Waals surface area contributed by atoms with E-state index in [1.807, 2.05) is 22.6 Å². The van der Waals surface area contributed by atoms with Crippen LogP contribution in [0.2, 0.25) is 0 Å². The molecule has 152 valence electrons. The van der Waals surface area contributed by atoms with Gasteiger partial charge in [-0.1, -0.05) is 28.7 Å². The number of nitrogens with one attached hydrogen (secondary N) is 2. The van der Waals surface area contributed by atoms with E-state index in [4.69, 9.17) is 5.73 Å². The van der Waals surface area contributed by atoms with Crippen LogP contribution in [-0.4, -0.2) is 30.0 Å². The zero-order valence-corrected chi connectivity index (χ0v) is 18.2. The second kappa shape index (κ2) is 8.45. The molecule has 2 aromatic carbocycles. The number of nitrogen functional groups attached to an aromatic ring is 1. The molecule has 11 heteroatoms. The van der Waals surface area contributed by atoms with E-state index in [1.54, 1.807) is 12.1 Å². The smallest absolute Gasteiger partial charge is 0.257 e. The number of hydrogen-bond acceptors (Lipinski definition) is 6. The van der Waals surface area contributed by atoms with Crippen molar-refractivity contribution in [2.45, 2.75) is 11.4 Å². The summed E-state index contributed by atoms with van der Waals surface area (Å²) in [7, 11) is -3.57. The fraction of sp³-hybridized carbons (Fsp3) is 0.167. The Morgan fingerprint density at radius 2 is 2.00 bits per heavy atom. The number of amides is 1. The minimum absolute atomic E-state index is 0.0975. The van der Waals surface area contributed by atoms with Gasteiger partial charge in [0.05, 0.1) is 28.2 Å². The van der Waals surface area contributed by atoms with Gasteiger partial charge in [-0.05, 0) is 31.2 Å². The lowest BCUT2D eigenvalue weighted by molar-refractivity contribution is 0.102. The number of halogens is 2. The first-order valence-corrected chi connectivity index (χ1v) is 11.6. The van der Waals surface area contributed by atoms with Crippen LogP contribution in [0.25, 0.3) is 10.9 Å². The summed E-state index contributed by atoms with van der Waals surface area (Å²) in [6.07, 6.45) is 1.24. The lowest BCUT2D eigenvalue weighted by Gasteiger charge is -2.16. The molecule has 0 aliphatic heterocycles. The second-order valence-electron chi connectivity index (χ2n) is 6.00. The second-order valence-corrected chi connectivity index (χ2v) is 8.78. The van der Waals surface area contributed by atoms with Crippen LogP contribution in [0.3, 0.4) is 0 Å². The van der Waals surface area contributed by atoms with Gasteiger partial charge in [0.15, 0.2) is 0 Å². The molecule has 1 amide bonds. The van der Waals surface area contributed by atoms with E-state index < -0.39 is 21.7 Å². The maximum atomic E-state index is 14.5. The number of fused-ring (bicyclic) bond motifs is 1. The molecule has 0 aliphatic carbocycles. The topological polar surface area (TPSA) is 127 Å². The highest BCUT2D eigenvalue weighted by Crippen LogP contribution is 2.31. The van der Waals surface area contributed by atoms with Gasteiger partial charge in [-0.3, -0.25) is 9.52 Å². The first-order valence-electron chi connectivity index (χ1n) is 8.45. The normalized spacial score (nSPS) is 11.4. The molecule has 8 nitrogen and oxygen atoms in total. The number of carbonyl (C=O) groups is 1. The van der Waals surface area contributed by atoms with Crippen molar-refractivity contribution in [2.24, 2.45) is 0 Å². The van der Waals surface area contributed by atoms with E-state index in [0.29, 0.717) is 16.5 Å². The number of carbonyl (C=O) groups excluding carboxylic acids is 1. The van der Waals surface area contributed by atoms with Crippen molar-refractivity contribution in [3.05, 3.63) is 53.6 Å². The van der Waals surface area contributed by atoms with Crippen molar-refractivity contribution in [1.29, 1.82) is 0 Å². The Morgan fingerprint density at radius 1 is 1.24 bits per heavy atom. The van der Waals surface area contributed by atoms with Gasteiger partial charge in [0.1, 0.15) is 18.0 Å². The van der Waals surface area contributed by atoms with E-state index in [0.717, 1.165) is 6.07 Å². The number of aromatic nitrogens is 2. The quantitative estimate of drug-likeness (QED) is 0.332. The van der Waals surface area contributed by atoms with Crippen LogP contribution in [-0.2, 0) is 14.5 Å². The lowest BCUT2D eigenvalue weighted by atomic mass is 10.1. The predicted octanol–water partition coefficient (Wildman–Crippen LogP) is 3.30. The van der Waals surface area contributed by atoms with Crippen LogP contribution in [0.1, 0.15) is 22.8 Å². The number of sulfonamides is 1. The highest BCUT2D eigenvalue weighted by Gasteiger charge is 2.20. The summed E-state index contributed by atoms with van der Waals surface area (Å²) in [5.41, 5.74) is 6.79. The van der Waals surface area contributed by atoms with Crippen molar-refractivity contribution in [1.82, 2.24) is 9.97 Å². The van der Waals surface area contributed by atoms with Gasteiger partial charge < -0.3 is 11.1 Å². The molecular formula is C18H17FIN5O3S. The summed E-state index contributed by atoms with van der Waals surface area (Å²) in [5, 5.41) is 3.05. The fourth-order valence-electron chi connectivity index (χ4n) is 2.70. The third kappa shape index (κ3) is 4.40. The number of alkyl halides is 1. The molecular weight excluding hydrogens is 512 g/mol. The van der Waals surface area contributed by atoms with Crippen LogP contribution >= 0.6 is 22.6 Å². The molecule has 0 aliphatic rings. The van der Waals surface area contributed by atoms with Crippen LogP contribution in [0.5, 0.6) is 0 Å². The zero-order chi connectivity index (χ0) is 21.2. The Morgan fingerprint density at radius 3 is 2.69 bits per heavy atom. The molecule has 0 bridgehead atoms. The number of rotatable bonds is 6. The van der Waals surface area contributed by atoms with Crippen molar-refractivity contribution in [2.75, 3.05) is 21.5 Å². The summed E-state index contributed by atoms with van der Waals surface area (Å²) < 4.78 is 41.1. The largest absolute Gasteiger partial charge is 0.383 e. The maximum Gasteiger partial charge on any atom is 0.257 e. The van der Waals surface area contributed by atoms with Crippen LogP contribution in [0, 0.1) is 5.82 Å². The predicted molar refractivity (Wildman–Crippen MR) is 119 cm³/mol. The summed E-state index contributed by atoms with van der Waals surface area (Å²) in [6.45, 7) is 1.49. The molecule has 0 unspecified atom stereocenters. The van der Waals surface area contributed by atoms with Crippen molar-refractivity contribution < 1.29 is 17.6 Å². The van der Waals surface area contributed by atoms with Crippen molar-refractivity contribution in [3.63, 3.8) is 0 Å². The lowest BCUT2D eigenvalue weighted by Crippen LogP contribution is -2.19. The third-order valence-electron chi connectivity index (χ3n) is 4.22. The molecule has 0 spiro atoms. The fourth-order valence-corrected chi connectivity index (χ4v) is 4.16. The first kappa shape index (κ1) is 21.2. The summed E-state index contributed by atoms with van der Waals surface area (Å²) in [4.78, 5) is 20.9. The molecule has 4 N–H and O–H groups in total. The van der Waals surface area contributed by atoms with E-state index in [2.05, 4.69) is 20.0 Å². The number of benzene rings is 2. The van der Waals surface area contributed by atoms with E-state index >= 15 is 0 Å². The third-order valence-corrected chi connectivity index (χ3v) is 6.27. The Labute approximate surface area is 180 Å². The number of nitrogens with two attached hydrogens (primary N) is 1. The van der Waals surface area contributed by atoms with Gasteiger partial charge in [-0.2, -0.15) is 0 Å². The number of hydrogen-bond donors (Lipinski definition) is 3. The molecule has 0 saturated carbocycles. The van der Waals surface area contributed by atoms with Crippen molar-refractivity contribution in [3.8, 4) is 0 Å². The zero-order valence-electron chi connectivity index (χ0n) is 15.2. The van der Waals surface area contributed by atoms with E-state index in [9.17, 15) is 17.6 Å². The van der Waals surface area contributed by atoms with Gasteiger partial charge >= 0.3 is 0 Å². The first-order chi connectivity index (χ1) is 13.8. The number of anilines is 3. The van der Waals surface area contributed by atoms with Gasteiger partial charge in [-0.15, -0.1) is 0 Å². The minimum atomic E-state index is -3.57. The van der Waals surface area contributed by atoms with E-state index in [1.165, 1.54) is 25.4 Å². The van der Waals surface area contributed by atoms with Crippen molar-refractivity contribution >= 4 is 66.6 Å². The van der Waals surface area contributed by atoms with Crippen LogP contribution in [0.15, 0.2) is 36.7 Å². The summed E-state index contributed by atoms with van der Waals surface area (Å²) >= 11 is 1.97. The van der Waals surface area contributed by atoms with Gasteiger partial charge in [0.2, 0.25) is 10.0 Å². The monoisotopic (exact) mass is 529 g/mol. The molecule has 0 saturated heterocycles. The van der Waals surface area contributed by atoms with Crippen LogP contribution < -0.4 is 15.8 Å². The summed E-state index contributed by atoms with van der Waals surface area (Å²) in [5.74, 6) is -1.20. The molecule has 1 aromatic heterocycles. The Balaban J connectivity index is 2.04. The Hall–Kier alpha value is -2.54. The standard InChI is InChI=1S/C18H17FIN5O3S/c1-2-29(27,28)25-14-7-6-13(19)16(12(14)8-20)24-18(26)11-5-3-4-10-15(11)22-9-23-17(10)21/h3-7,9,25H,2,8H2,1H3,(H,24,26)(H2,21,22,23). The summed E-state index contributed by atoms with van der Waals surface area (Å²) in [6, 6.07) is 7.27. The van der Waals surface area contributed by atoms with Crippen LogP contribution in [0.4, 0.5) is 21.6 Å². The number of para-hydroxylation sites is 1.